The zero-order valence-corrected chi connectivity index (χ0v) is 15.0. The summed E-state index contributed by atoms with van der Waals surface area (Å²) >= 11 is 3.12. The van der Waals surface area contributed by atoms with Crippen molar-refractivity contribution in [2.24, 2.45) is 0 Å². The van der Waals surface area contributed by atoms with Crippen LogP contribution >= 0.6 is 15.9 Å². The predicted octanol–water partition coefficient (Wildman–Crippen LogP) is 4.40. The molecule has 0 saturated carbocycles. The summed E-state index contributed by atoms with van der Waals surface area (Å²) in [4.78, 5) is 24.6. The fourth-order valence-electron chi connectivity index (χ4n) is 2.43. The lowest BCUT2D eigenvalue weighted by Gasteiger charge is -2.10. The molecule has 1 amide bonds. The number of carbonyl (C=O) groups is 2. The van der Waals surface area contributed by atoms with Crippen molar-refractivity contribution in [1.29, 1.82) is 0 Å². The lowest BCUT2D eigenvalue weighted by atomic mass is 10.2. The Hall–Kier alpha value is -2.80. The van der Waals surface area contributed by atoms with E-state index >= 15 is 0 Å². The van der Waals surface area contributed by atoms with Gasteiger partial charge in [0.15, 0.2) is 0 Å². The number of halogens is 3. The Bertz CT molecular complexity index is 968. The molecule has 2 aromatic carbocycles. The van der Waals surface area contributed by atoms with Gasteiger partial charge >= 0.3 is 0 Å². The third-order valence-electron chi connectivity index (χ3n) is 3.71. The topological polar surface area (TPSA) is 51.1 Å². The standard InChI is InChI=1S/C19H13BrF2N2O2/c20-13-5-8-16(15(22)10-13)23-19(26)18(25)17-2-1-9-24(17)11-12-3-6-14(21)7-4-12/h1-10H,11H2,(H,23,26). The smallest absolute Gasteiger partial charge is 0.298 e. The Kier molecular flexibility index (Phi) is 5.27. The Balaban J connectivity index is 1.76. The SMILES string of the molecule is O=C(Nc1ccc(Br)cc1F)C(=O)c1cccn1Cc1ccc(F)cc1. The molecule has 0 spiro atoms. The molecule has 1 aromatic heterocycles. The first-order valence-electron chi connectivity index (χ1n) is 7.64. The third kappa shape index (κ3) is 4.05. The molecule has 0 aliphatic heterocycles. The molecule has 132 valence electrons. The van der Waals surface area contributed by atoms with E-state index < -0.39 is 17.5 Å². The van der Waals surface area contributed by atoms with Gasteiger partial charge in [-0.2, -0.15) is 0 Å². The predicted molar refractivity (Wildman–Crippen MR) is 97.0 cm³/mol. The van der Waals surface area contributed by atoms with E-state index in [0.29, 0.717) is 11.0 Å². The van der Waals surface area contributed by atoms with E-state index in [2.05, 4.69) is 21.2 Å². The van der Waals surface area contributed by atoms with E-state index in [0.717, 1.165) is 5.56 Å². The maximum Gasteiger partial charge on any atom is 0.298 e. The van der Waals surface area contributed by atoms with Crippen molar-refractivity contribution in [3.63, 3.8) is 0 Å². The second-order valence-electron chi connectivity index (χ2n) is 5.56. The summed E-state index contributed by atoms with van der Waals surface area (Å²) in [5.74, 6) is -2.74. The third-order valence-corrected chi connectivity index (χ3v) is 4.21. The highest BCUT2D eigenvalue weighted by Crippen LogP contribution is 2.19. The zero-order chi connectivity index (χ0) is 18.7. The number of hydrogen-bond donors (Lipinski definition) is 1. The summed E-state index contributed by atoms with van der Waals surface area (Å²) < 4.78 is 28.9. The quantitative estimate of drug-likeness (QED) is 0.493. The van der Waals surface area contributed by atoms with E-state index in [1.54, 1.807) is 35.0 Å². The van der Waals surface area contributed by atoms with Crippen LogP contribution in [0.5, 0.6) is 0 Å². The molecular formula is C19H13BrF2N2O2. The zero-order valence-electron chi connectivity index (χ0n) is 13.4. The van der Waals surface area contributed by atoms with Gasteiger partial charge in [-0.15, -0.1) is 0 Å². The first-order chi connectivity index (χ1) is 12.4. The second kappa shape index (κ2) is 7.61. The molecule has 4 nitrogen and oxygen atoms in total. The molecule has 0 atom stereocenters. The molecule has 1 heterocycles. The number of benzene rings is 2. The molecule has 3 rings (SSSR count). The van der Waals surface area contributed by atoms with E-state index in [9.17, 15) is 18.4 Å². The van der Waals surface area contributed by atoms with Crippen LogP contribution in [0.3, 0.4) is 0 Å². The molecule has 7 heteroatoms. The van der Waals surface area contributed by atoms with Gasteiger partial charge in [0, 0.05) is 17.2 Å². The molecule has 0 saturated heterocycles. The van der Waals surface area contributed by atoms with Gasteiger partial charge in [0.05, 0.1) is 11.4 Å². The molecule has 0 aliphatic carbocycles. The molecular weight excluding hydrogens is 406 g/mol. The van der Waals surface area contributed by atoms with Crippen molar-refractivity contribution in [1.82, 2.24) is 4.57 Å². The Morgan fingerprint density at radius 2 is 1.77 bits per heavy atom. The van der Waals surface area contributed by atoms with Crippen LogP contribution in [0.4, 0.5) is 14.5 Å². The number of Topliss-reactive ketones (excluding diaryl/α,β-unsaturated/α-hetero) is 1. The molecule has 0 fully saturated rings. The lowest BCUT2D eigenvalue weighted by molar-refractivity contribution is -0.112. The van der Waals surface area contributed by atoms with Gasteiger partial charge in [-0.05, 0) is 48.0 Å². The highest BCUT2D eigenvalue weighted by Gasteiger charge is 2.21. The van der Waals surface area contributed by atoms with Crippen LogP contribution in [0.2, 0.25) is 0 Å². The normalized spacial score (nSPS) is 10.6. The number of carbonyl (C=O) groups excluding carboxylic acids is 2. The molecule has 0 bridgehead atoms. The number of nitrogens with zero attached hydrogens (tertiary/aromatic N) is 1. The van der Waals surface area contributed by atoms with Gasteiger partial charge in [0.25, 0.3) is 11.7 Å². The number of nitrogens with one attached hydrogen (secondary N) is 1. The van der Waals surface area contributed by atoms with E-state index in [1.165, 1.54) is 30.3 Å². The number of ketones is 1. The second-order valence-corrected chi connectivity index (χ2v) is 6.47. The van der Waals surface area contributed by atoms with Gasteiger partial charge in [-0.25, -0.2) is 8.78 Å². The van der Waals surface area contributed by atoms with Crippen LogP contribution in [-0.2, 0) is 11.3 Å². The minimum atomic E-state index is -0.940. The summed E-state index contributed by atoms with van der Waals surface area (Å²) in [6.07, 6.45) is 1.64. The van der Waals surface area contributed by atoms with Crippen LogP contribution < -0.4 is 5.32 Å². The number of hydrogen-bond acceptors (Lipinski definition) is 2. The minimum absolute atomic E-state index is 0.0804. The van der Waals surface area contributed by atoms with Crippen LogP contribution in [0.1, 0.15) is 16.1 Å². The Morgan fingerprint density at radius 3 is 2.46 bits per heavy atom. The Morgan fingerprint density at radius 1 is 1.04 bits per heavy atom. The number of aromatic nitrogens is 1. The summed E-state index contributed by atoms with van der Waals surface area (Å²) in [5.41, 5.74) is 0.851. The van der Waals surface area contributed by atoms with Gasteiger partial charge in [-0.3, -0.25) is 9.59 Å². The molecule has 0 aliphatic rings. The van der Waals surface area contributed by atoms with Crippen molar-refractivity contribution in [2.75, 3.05) is 5.32 Å². The van der Waals surface area contributed by atoms with Crippen LogP contribution in [0.15, 0.2) is 65.3 Å². The number of rotatable bonds is 5. The minimum Gasteiger partial charge on any atom is -0.340 e. The van der Waals surface area contributed by atoms with E-state index in [-0.39, 0.29) is 17.2 Å². The van der Waals surface area contributed by atoms with Crippen molar-refractivity contribution in [2.45, 2.75) is 6.54 Å². The van der Waals surface area contributed by atoms with Gasteiger partial charge in [0.1, 0.15) is 11.6 Å². The van der Waals surface area contributed by atoms with Gasteiger partial charge in [0.2, 0.25) is 0 Å². The van der Waals surface area contributed by atoms with Crippen LogP contribution in [0.25, 0.3) is 0 Å². The summed E-state index contributed by atoms with van der Waals surface area (Å²) in [6.45, 7) is 0.300. The first kappa shape index (κ1) is 18.0. The largest absolute Gasteiger partial charge is 0.340 e. The fraction of sp³-hybridized carbons (Fsp3) is 0.0526. The summed E-state index contributed by atoms with van der Waals surface area (Å²) in [5, 5.41) is 2.28. The van der Waals surface area contributed by atoms with Gasteiger partial charge in [-0.1, -0.05) is 28.1 Å². The fourth-order valence-corrected chi connectivity index (χ4v) is 2.76. The van der Waals surface area contributed by atoms with Crippen molar-refractivity contribution < 1.29 is 18.4 Å². The van der Waals surface area contributed by atoms with Crippen molar-refractivity contribution >= 4 is 33.3 Å². The van der Waals surface area contributed by atoms with E-state index in [4.69, 9.17) is 0 Å². The first-order valence-corrected chi connectivity index (χ1v) is 8.43. The molecule has 1 N–H and O–H groups in total. The average molecular weight is 419 g/mol. The monoisotopic (exact) mass is 418 g/mol. The molecule has 26 heavy (non-hydrogen) atoms. The summed E-state index contributed by atoms with van der Waals surface area (Å²) in [7, 11) is 0. The van der Waals surface area contributed by atoms with Crippen LogP contribution in [0, 0.1) is 11.6 Å². The van der Waals surface area contributed by atoms with Crippen molar-refractivity contribution in [3.8, 4) is 0 Å². The maximum absolute atomic E-state index is 13.8. The Labute approximate surface area is 156 Å². The summed E-state index contributed by atoms with van der Waals surface area (Å²) in [6, 6.07) is 13.1. The van der Waals surface area contributed by atoms with Crippen LogP contribution in [-0.4, -0.2) is 16.3 Å². The number of amides is 1. The maximum atomic E-state index is 13.8. The molecule has 0 radical (unpaired) electrons. The highest BCUT2D eigenvalue weighted by atomic mass is 79.9. The molecule has 0 unspecified atom stereocenters. The lowest BCUT2D eigenvalue weighted by Crippen LogP contribution is -2.25. The van der Waals surface area contributed by atoms with E-state index in [1.807, 2.05) is 0 Å². The average Bonchev–Trinajstić information content (AvgIpc) is 3.06. The highest BCUT2D eigenvalue weighted by molar-refractivity contribution is 9.10. The number of anilines is 1. The van der Waals surface area contributed by atoms with Crippen molar-refractivity contribution in [3.05, 3.63) is 88.2 Å². The molecule has 3 aromatic rings. The van der Waals surface area contributed by atoms with Gasteiger partial charge < -0.3 is 9.88 Å².